The summed E-state index contributed by atoms with van der Waals surface area (Å²) in [7, 11) is 0. The zero-order chi connectivity index (χ0) is 14.9. The number of H-pyrrole nitrogens is 1. The van der Waals surface area contributed by atoms with E-state index in [0.717, 1.165) is 10.9 Å². The highest BCUT2D eigenvalue weighted by molar-refractivity contribution is 6.34. The summed E-state index contributed by atoms with van der Waals surface area (Å²) in [6, 6.07) is 2.97. The fourth-order valence-corrected chi connectivity index (χ4v) is 2.10. The fraction of sp³-hybridized carbons (Fsp3) is 0.167. The van der Waals surface area contributed by atoms with E-state index in [9.17, 15) is 14.4 Å². The summed E-state index contributed by atoms with van der Waals surface area (Å²) in [4.78, 5) is 36.2. The Kier molecular flexibility index (Phi) is 3.71. The molecule has 8 heteroatoms. The summed E-state index contributed by atoms with van der Waals surface area (Å²) in [6.45, 7) is 1.85. The molecule has 0 saturated carbocycles. The number of nitrogens with one attached hydrogen (secondary N) is 1. The van der Waals surface area contributed by atoms with Crippen molar-refractivity contribution in [1.29, 1.82) is 0 Å². The van der Waals surface area contributed by atoms with E-state index in [1.54, 1.807) is 6.07 Å². The zero-order valence-corrected chi connectivity index (χ0v) is 11.3. The van der Waals surface area contributed by atoms with Crippen LogP contribution in [0.2, 0.25) is 5.02 Å². The lowest BCUT2D eigenvalue weighted by molar-refractivity contribution is 0.100. The lowest BCUT2D eigenvalue weighted by atomic mass is 10.1. The molecule has 0 atom stereocenters. The number of nitrogens with two attached hydrogens (primary N) is 1. The van der Waals surface area contributed by atoms with Crippen LogP contribution in [-0.2, 0) is 6.42 Å². The van der Waals surface area contributed by atoms with Gasteiger partial charge in [-0.05, 0) is 24.1 Å². The van der Waals surface area contributed by atoms with Crippen molar-refractivity contribution in [3.8, 4) is 5.69 Å². The van der Waals surface area contributed by atoms with Gasteiger partial charge in [-0.15, -0.1) is 0 Å². The molecule has 1 amide bonds. The van der Waals surface area contributed by atoms with Gasteiger partial charge in [-0.25, -0.2) is 4.79 Å². The first-order chi connectivity index (χ1) is 9.43. The zero-order valence-electron chi connectivity index (χ0n) is 10.5. The first kappa shape index (κ1) is 14.0. The number of rotatable bonds is 3. The minimum atomic E-state index is -0.711. The fourth-order valence-electron chi connectivity index (χ4n) is 1.76. The van der Waals surface area contributed by atoms with E-state index < -0.39 is 17.2 Å². The third kappa shape index (κ3) is 2.48. The summed E-state index contributed by atoms with van der Waals surface area (Å²) in [5.74, 6) is -0.705. The van der Waals surface area contributed by atoms with Gasteiger partial charge in [-0.3, -0.25) is 14.6 Å². The maximum atomic E-state index is 11.7. The Bertz CT molecular complexity index is 794. The van der Waals surface area contributed by atoms with Crippen LogP contribution in [0.3, 0.4) is 0 Å². The molecule has 0 spiro atoms. The van der Waals surface area contributed by atoms with Crippen LogP contribution in [0.15, 0.2) is 27.9 Å². The van der Waals surface area contributed by atoms with Crippen molar-refractivity contribution >= 4 is 17.5 Å². The quantitative estimate of drug-likeness (QED) is 0.844. The van der Waals surface area contributed by atoms with E-state index in [0.29, 0.717) is 17.7 Å². The predicted octanol–water partition coefficient (Wildman–Crippen LogP) is 0.236. The maximum absolute atomic E-state index is 11.7. The van der Waals surface area contributed by atoms with Gasteiger partial charge in [0.15, 0.2) is 0 Å². The molecule has 1 aromatic carbocycles. The molecule has 0 aliphatic heterocycles. The molecule has 7 nitrogen and oxygen atoms in total. The monoisotopic (exact) mass is 294 g/mol. The van der Waals surface area contributed by atoms with Crippen LogP contribution in [0.4, 0.5) is 0 Å². The number of halogens is 1. The van der Waals surface area contributed by atoms with Crippen LogP contribution in [-0.4, -0.2) is 20.7 Å². The average molecular weight is 295 g/mol. The van der Waals surface area contributed by atoms with E-state index in [2.05, 4.69) is 10.1 Å². The molecule has 20 heavy (non-hydrogen) atoms. The van der Waals surface area contributed by atoms with E-state index in [1.165, 1.54) is 6.07 Å². The first-order valence-electron chi connectivity index (χ1n) is 5.75. The smallest absolute Gasteiger partial charge is 0.349 e. The van der Waals surface area contributed by atoms with Gasteiger partial charge in [-0.2, -0.15) is 9.78 Å². The molecular weight excluding hydrogens is 284 g/mol. The van der Waals surface area contributed by atoms with Crippen molar-refractivity contribution in [1.82, 2.24) is 14.8 Å². The van der Waals surface area contributed by atoms with E-state index >= 15 is 0 Å². The Morgan fingerprint density at radius 3 is 2.70 bits per heavy atom. The van der Waals surface area contributed by atoms with Gasteiger partial charge in [0.2, 0.25) is 5.91 Å². The predicted molar refractivity (Wildman–Crippen MR) is 73.4 cm³/mol. The van der Waals surface area contributed by atoms with Gasteiger partial charge >= 0.3 is 5.69 Å². The van der Waals surface area contributed by atoms with Crippen LogP contribution in [0.1, 0.15) is 22.8 Å². The van der Waals surface area contributed by atoms with Crippen LogP contribution in [0, 0.1) is 0 Å². The Morgan fingerprint density at radius 2 is 2.15 bits per heavy atom. The number of hydrogen-bond donors (Lipinski definition) is 2. The van der Waals surface area contributed by atoms with E-state index in [4.69, 9.17) is 17.3 Å². The third-order valence-corrected chi connectivity index (χ3v) is 3.18. The van der Waals surface area contributed by atoms with Gasteiger partial charge < -0.3 is 5.73 Å². The van der Waals surface area contributed by atoms with Crippen LogP contribution in [0.5, 0.6) is 0 Å². The minimum Gasteiger partial charge on any atom is -0.366 e. The normalized spacial score (nSPS) is 10.5. The molecular formula is C12H11ClN4O3. The van der Waals surface area contributed by atoms with E-state index in [1.807, 2.05) is 6.92 Å². The molecule has 0 bridgehead atoms. The van der Waals surface area contributed by atoms with Gasteiger partial charge in [0.25, 0.3) is 5.56 Å². The highest BCUT2D eigenvalue weighted by Crippen LogP contribution is 2.24. The molecule has 1 heterocycles. The van der Waals surface area contributed by atoms with Crippen LogP contribution in [0.25, 0.3) is 5.69 Å². The molecule has 0 fully saturated rings. The number of nitrogens with zero attached hydrogens (tertiary/aromatic N) is 2. The first-order valence-corrected chi connectivity index (χ1v) is 6.13. The lowest BCUT2D eigenvalue weighted by Crippen LogP contribution is -2.30. The second-order valence-electron chi connectivity index (χ2n) is 4.04. The van der Waals surface area contributed by atoms with Crippen molar-refractivity contribution < 1.29 is 4.79 Å². The Balaban J connectivity index is 2.74. The molecule has 2 rings (SSSR count). The van der Waals surface area contributed by atoms with Crippen molar-refractivity contribution in [2.45, 2.75) is 13.3 Å². The third-order valence-electron chi connectivity index (χ3n) is 2.74. The van der Waals surface area contributed by atoms with Crippen LogP contribution >= 0.6 is 11.6 Å². The number of aromatic amines is 1. The van der Waals surface area contributed by atoms with Gasteiger partial charge in [0, 0.05) is 0 Å². The Morgan fingerprint density at radius 1 is 1.45 bits per heavy atom. The van der Waals surface area contributed by atoms with Gasteiger partial charge in [0.05, 0.1) is 16.3 Å². The number of benzene rings is 1. The average Bonchev–Trinajstić information content (AvgIpc) is 2.39. The molecule has 104 valence electrons. The molecule has 0 unspecified atom stereocenters. The van der Waals surface area contributed by atoms with Crippen molar-refractivity contribution in [2.24, 2.45) is 5.73 Å². The highest BCUT2D eigenvalue weighted by atomic mass is 35.5. The second-order valence-corrected chi connectivity index (χ2v) is 4.41. The number of primary amides is 1. The second kappa shape index (κ2) is 5.30. The highest BCUT2D eigenvalue weighted by Gasteiger charge is 2.14. The minimum absolute atomic E-state index is 0.0981. The topological polar surface area (TPSA) is 111 Å². The summed E-state index contributed by atoms with van der Waals surface area (Å²) < 4.78 is 0.962. The number of carbonyl (C=O) groups is 1. The van der Waals surface area contributed by atoms with Crippen molar-refractivity contribution in [3.05, 3.63) is 55.3 Å². The number of carbonyl (C=O) groups excluding carboxylic acids is 1. The summed E-state index contributed by atoms with van der Waals surface area (Å²) >= 11 is 6.06. The summed E-state index contributed by atoms with van der Waals surface area (Å²) in [5, 5.41) is 3.97. The van der Waals surface area contributed by atoms with Crippen molar-refractivity contribution in [2.75, 3.05) is 0 Å². The molecule has 3 N–H and O–H groups in total. The van der Waals surface area contributed by atoms with Gasteiger partial charge in [0.1, 0.15) is 6.20 Å². The number of hydrogen-bond acceptors (Lipinski definition) is 4. The SMILES string of the molecule is CCc1cc(-n2ncc(=O)[nH]c2=O)cc(C(N)=O)c1Cl. The van der Waals surface area contributed by atoms with E-state index in [-0.39, 0.29) is 10.6 Å². The van der Waals surface area contributed by atoms with Crippen molar-refractivity contribution in [3.63, 3.8) is 0 Å². The summed E-state index contributed by atoms with van der Waals surface area (Å²) in [6.07, 6.45) is 1.51. The molecule has 0 radical (unpaired) electrons. The number of aryl methyl sites for hydroxylation is 1. The molecule has 0 aliphatic rings. The van der Waals surface area contributed by atoms with Crippen LogP contribution < -0.4 is 17.0 Å². The Labute approximate surface area is 118 Å². The summed E-state index contributed by atoms with van der Waals surface area (Å²) in [5.41, 5.74) is 5.00. The molecule has 1 aromatic heterocycles. The number of amides is 1. The largest absolute Gasteiger partial charge is 0.366 e. The van der Waals surface area contributed by atoms with Gasteiger partial charge in [-0.1, -0.05) is 18.5 Å². The Hall–Kier alpha value is -2.41. The lowest BCUT2D eigenvalue weighted by Gasteiger charge is -2.10. The standard InChI is InChI=1S/C12H11ClN4O3/c1-2-6-3-7(4-8(10(6)13)11(14)19)17-12(20)16-9(18)5-15-17/h3-5H,2H2,1H3,(H2,14,19)(H,16,18,20). The molecule has 0 saturated heterocycles. The number of aromatic nitrogens is 3. The molecule has 2 aromatic rings. The molecule has 0 aliphatic carbocycles. The maximum Gasteiger partial charge on any atom is 0.349 e.